The molecule has 7 rings (SSSR count). The fourth-order valence-electron chi connectivity index (χ4n) is 7.95. The van der Waals surface area contributed by atoms with E-state index in [1.165, 1.54) is 30.3 Å². The maximum absolute atomic E-state index is 12.4. The number of ether oxygens (including phenoxy) is 3. The number of hydrogen-bond acceptors (Lipinski definition) is 12. The standard InChI is InChI=1S/C51H49N5O11/c1-2-47(59)65-20-19-53-50(64)56-38-24-32(49(62)63)23-37(26-38)55-28-40(58)30-67-42-17-13-34(14-18-42)51(45-9-5-3-7-43(45)44-8-4-6-10-46(44)51)33-11-15-41(16-12-33)66-29-39(57)27-54-36-22-31(48(60)61)21-35(52)25-36/h2-18,21-26,39-40,54-55,57-58H,1,19-20,27-30,52H2,(H,60,61)(H,62,63)(H2,53,56,64). The number of urea groups is 1. The Hall–Kier alpha value is -8.34. The molecule has 1 aliphatic rings. The van der Waals surface area contributed by atoms with Gasteiger partial charge in [0.25, 0.3) is 0 Å². The number of carbonyl (C=O) groups is 4. The van der Waals surface area contributed by atoms with Crippen LogP contribution in [0.4, 0.5) is 27.5 Å². The van der Waals surface area contributed by atoms with Gasteiger partial charge >= 0.3 is 23.9 Å². The first kappa shape index (κ1) is 46.6. The van der Waals surface area contributed by atoms with E-state index in [0.29, 0.717) is 22.9 Å². The number of aliphatic hydroxyl groups is 2. The van der Waals surface area contributed by atoms with Crippen molar-refractivity contribution >= 4 is 46.7 Å². The van der Waals surface area contributed by atoms with Gasteiger partial charge in [0.1, 0.15) is 43.5 Å². The van der Waals surface area contributed by atoms with Crippen LogP contribution in [0.25, 0.3) is 11.1 Å². The third-order valence-corrected chi connectivity index (χ3v) is 10.9. The van der Waals surface area contributed by atoms with Crippen LogP contribution in [0.3, 0.4) is 0 Å². The van der Waals surface area contributed by atoms with Gasteiger partial charge in [-0.2, -0.15) is 0 Å². The van der Waals surface area contributed by atoms with Gasteiger partial charge in [0, 0.05) is 41.9 Å². The van der Waals surface area contributed by atoms with Crippen molar-refractivity contribution in [2.45, 2.75) is 17.6 Å². The molecule has 1 aliphatic carbocycles. The molecule has 0 fully saturated rings. The molecule has 0 aromatic heterocycles. The summed E-state index contributed by atoms with van der Waals surface area (Å²) in [4.78, 5) is 46.9. The molecule has 16 nitrogen and oxygen atoms in total. The Balaban J connectivity index is 1.01. The van der Waals surface area contributed by atoms with Gasteiger partial charge in [-0.05, 0) is 94.0 Å². The molecule has 67 heavy (non-hydrogen) atoms. The number of hydrogen-bond donors (Lipinski definition) is 9. The van der Waals surface area contributed by atoms with Crippen LogP contribution in [-0.4, -0.2) is 96.0 Å². The smallest absolute Gasteiger partial charge is 0.335 e. The first-order valence-corrected chi connectivity index (χ1v) is 21.2. The zero-order valence-electron chi connectivity index (χ0n) is 36.1. The molecule has 2 amide bonds. The summed E-state index contributed by atoms with van der Waals surface area (Å²) >= 11 is 0. The Morgan fingerprint density at radius 1 is 0.642 bits per heavy atom. The number of anilines is 4. The fourth-order valence-corrected chi connectivity index (χ4v) is 7.95. The minimum atomic E-state index is -1.22. The van der Waals surface area contributed by atoms with E-state index in [1.54, 1.807) is 6.07 Å². The number of carboxylic acid groups (broad SMARTS) is 2. The zero-order chi connectivity index (χ0) is 47.5. The van der Waals surface area contributed by atoms with Gasteiger partial charge < -0.3 is 61.6 Å². The summed E-state index contributed by atoms with van der Waals surface area (Å²) in [5.41, 5.74) is 12.6. The highest BCUT2D eigenvalue weighted by atomic mass is 16.5. The van der Waals surface area contributed by atoms with Gasteiger partial charge in [-0.1, -0.05) is 79.4 Å². The Morgan fingerprint density at radius 2 is 1.12 bits per heavy atom. The highest BCUT2D eigenvalue weighted by Crippen LogP contribution is 2.56. The number of aromatic carboxylic acids is 2. The molecule has 16 heteroatoms. The predicted octanol–water partition coefficient (Wildman–Crippen LogP) is 6.58. The van der Waals surface area contributed by atoms with Crippen LogP contribution in [0.15, 0.2) is 146 Å². The normalized spacial score (nSPS) is 12.9. The zero-order valence-corrected chi connectivity index (χ0v) is 36.1. The molecule has 0 radical (unpaired) electrons. The number of amides is 2. The van der Waals surface area contributed by atoms with Crippen LogP contribution >= 0.6 is 0 Å². The number of aliphatic hydroxyl groups excluding tert-OH is 2. The molecule has 0 heterocycles. The summed E-state index contributed by atoms with van der Waals surface area (Å²) in [5.74, 6) is -1.90. The molecule has 0 saturated heterocycles. The molecule has 6 aromatic rings. The van der Waals surface area contributed by atoms with E-state index in [0.717, 1.165) is 39.5 Å². The second-order valence-electron chi connectivity index (χ2n) is 15.6. The van der Waals surface area contributed by atoms with Crippen molar-refractivity contribution in [3.8, 4) is 22.6 Å². The number of nitrogens with one attached hydrogen (secondary N) is 4. The second kappa shape index (κ2) is 21.1. The number of nitrogens with two attached hydrogens (primary N) is 1. The lowest BCUT2D eigenvalue weighted by atomic mass is 9.68. The lowest BCUT2D eigenvalue weighted by Crippen LogP contribution is -2.32. The number of esters is 1. The summed E-state index contributed by atoms with van der Waals surface area (Å²) in [5, 5.41) is 51.7. The molecule has 2 atom stereocenters. The van der Waals surface area contributed by atoms with Gasteiger partial charge in [0.2, 0.25) is 0 Å². The molecule has 0 saturated carbocycles. The molecule has 6 aromatic carbocycles. The molecular weight excluding hydrogens is 859 g/mol. The Labute approximate surface area is 385 Å². The topological polar surface area (TPSA) is 251 Å². The molecule has 2 unspecified atom stereocenters. The first-order chi connectivity index (χ1) is 32.3. The monoisotopic (exact) mass is 907 g/mol. The molecular formula is C51H49N5O11. The van der Waals surface area contributed by atoms with Crippen molar-refractivity contribution < 1.29 is 53.8 Å². The van der Waals surface area contributed by atoms with Crippen LogP contribution in [0.1, 0.15) is 43.0 Å². The highest BCUT2D eigenvalue weighted by molar-refractivity contribution is 5.95. The minimum absolute atomic E-state index is 0.00763. The number of carbonyl (C=O) groups excluding carboxylic acids is 2. The van der Waals surface area contributed by atoms with E-state index in [4.69, 9.17) is 19.9 Å². The average molecular weight is 908 g/mol. The van der Waals surface area contributed by atoms with Crippen molar-refractivity contribution in [3.63, 3.8) is 0 Å². The highest BCUT2D eigenvalue weighted by Gasteiger charge is 2.45. The average Bonchev–Trinajstić information content (AvgIpc) is 3.63. The minimum Gasteiger partial charge on any atom is -0.491 e. The van der Waals surface area contributed by atoms with Gasteiger partial charge in [-0.15, -0.1) is 0 Å². The number of nitrogen functional groups attached to an aromatic ring is 1. The fraction of sp³-hybridized carbons (Fsp3) is 0.176. The lowest BCUT2D eigenvalue weighted by Gasteiger charge is -2.34. The van der Waals surface area contributed by atoms with Crippen LogP contribution in [0.5, 0.6) is 11.5 Å². The third kappa shape index (κ3) is 11.1. The van der Waals surface area contributed by atoms with Gasteiger partial charge in [-0.3, -0.25) is 0 Å². The summed E-state index contributed by atoms with van der Waals surface area (Å²) < 4.78 is 16.8. The van der Waals surface area contributed by atoms with Crippen molar-refractivity contribution in [3.05, 3.63) is 179 Å². The second-order valence-corrected chi connectivity index (χ2v) is 15.6. The van der Waals surface area contributed by atoms with Gasteiger partial charge in [-0.25, -0.2) is 19.2 Å². The van der Waals surface area contributed by atoms with Crippen LogP contribution in [0.2, 0.25) is 0 Å². The largest absolute Gasteiger partial charge is 0.491 e. The Bertz CT molecular complexity index is 2720. The van der Waals surface area contributed by atoms with E-state index in [1.807, 2.05) is 72.8 Å². The predicted molar refractivity (Wildman–Crippen MR) is 253 cm³/mol. The van der Waals surface area contributed by atoms with Gasteiger partial charge in [0.05, 0.1) is 23.1 Å². The number of rotatable bonds is 21. The van der Waals surface area contributed by atoms with Crippen LogP contribution < -0.4 is 36.5 Å². The maximum Gasteiger partial charge on any atom is 0.335 e. The van der Waals surface area contributed by atoms with E-state index in [9.17, 15) is 39.6 Å². The Morgan fingerprint density at radius 3 is 1.63 bits per heavy atom. The molecule has 0 bridgehead atoms. The van der Waals surface area contributed by atoms with Crippen molar-refractivity contribution in [2.75, 3.05) is 61.1 Å². The van der Waals surface area contributed by atoms with Crippen molar-refractivity contribution in [1.29, 1.82) is 0 Å². The molecule has 0 aliphatic heterocycles. The summed E-state index contributed by atoms with van der Waals surface area (Å²) in [6.07, 6.45) is -0.931. The number of carboxylic acids is 2. The number of benzene rings is 6. The summed E-state index contributed by atoms with van der Waals surface area (Å²) in [6, 6.07) is 39.9. The summed E-state index contributed by atoms with van der Waals surface area (Å²) in [7, 11) is 0. The van der Waals surface area contributed by atoms with Crippen LogP contribution in [-0.2, 0) is 14.9 Å². The van der Waals surface area contributed by atoms with Crippen LogP contribution in [0, 0.1) is 0 Å². The van der Waals surface area contributed by atoms with Crippen molar-refractivity contribution in [1.82, 2.24) is 5.32 Å². The van der Waals surface area contributed by atoms with Crippen molar-refractivity contribution in [2.24, 2.45) is 0 Å². The first-order valence-electron chi connectivity index (χ1n) is 21.2. The SMILES string of the molecule is C=CC(=O)OCCNC(=O)Nc1cc(NCC(O)COc2ccc(C3(c4ccc(OCC(O)CNc5cc(N)cc(C(=O)O)c5)cc4)c4ccccc4-c4ccccc43)cc2)cc(C(=O)O)c1. The summed E-state index contributed by atoms with van der Waals surface area (Å²) in [6.45, 7) is 3.20. The van der Waals surface area contributed by atoms with Gasteiger partial charge in [0.15, 0.2) is 0 Å². The lowest BCUT2D eigenvalue weighted by molar-refractivity contribution is -0.137. The molecule has 344 valence electrons. The third-order valence-electron chi connectivity index (χ3n) is 10.9. The van der Waals surface area contributed by atoms with E-state index in [2.05, 4.69) is 52.1 Å². The van der Waals surface area contributed by atoms with E-state index in [-0.39, 0.29) is 62.0 Å². The molecule has 0 spiro atoms. The quantitative estimate of drug-likeness (QED) is 0.0160. The molecule has 10 N–H and O–H groups in total. The maximum atomic E-state index is 12.4. The van der Waals surface area contributed by atoms with E-state index < -0.39 is 41.6 Å². The van der Waals surface area contributed by atoms with E-state index >= 15 is 0 Å². The number of fused-ring (bicyclic) bond motifs is 3. The Kier molecular flexibility index (Phi) is 14.7.